The summed E-state index contributed by atoms with van der Waals surface area (Å²) in [5.41, 5.74) is 0.427. The summed E-state index contributed by atoms with van der Waals surface area (Å²) < 4.78 is 3.23. The van der Waals surface area contributed by atoms with Crippen molar-refractivity contribution in [1.29, 1.82) is 0 Å². The van der Waals surface area contributed by atoms with E-state index in [9.17, 15) is 9.90 Å². The maximum atomic E-state index is 11.3. The minimum atomic E-state index is -0.274. The summed E-state index contributed by atoms with van der Waals surface area (Å²) in [6.07, 6.45) is 1.85. The molecule has 18 heavy (non-hydrogen) atoms. The van der Waals surface area contributed by atoms with Gasteiger partial charge in [0.2, 0.25) is 0 Å². The molecule has 0 aliphatic rings. The largest absolute Gasteiger partial charge is 0.390 e. The van der Waals surface area contributed by atoms with Gasteiger partial charge in [0, 0.05) is 18.6 Å². The molecule has 0 fully saturated rings. The third-order valence-electron chi connectivity index (χ3n) is 2.50. The van der Waals surface area contributed by atoms with E-state index in [1.54, 1.807) is 7.05 Å². The average molecular weight is 283 g/mol. The minimum absolute atomic E-state index is 0.112. The Labute approximate surface area is 109 Å². The van der Waals surface area contributed by atoms with Gasteiger partial charge in [0.25, 0.3) is 0 Å². The maximum absolute atomic E-state index is 11.3. The first-order valence-electron chi connectivity index (χ1n) is 5.05. The van der Waals surface area contributed by atoms with Crippen LogP contribution in [0.1, 0.15) is 5.69 Å². The molecule has 0 saturated carbocycles. The molecular weight excluding hydrogens is 274 g/mol. The van der Waals surface area contributed by atoms with Gasteiger partial charge in [0.1, 0.15) is 5.03 Å². The number of aliphatic hydroxyl groups is 1. The van der Waals surface area contributed by atoms with Gasteiger partial charge in [-0.05, 0) is 11.8 Å². The zero-order chi connectivity index (χ0) is 12.7. The topological polar surface area (TPSA) is 88.2 Å². The molecule has 3 aromatic heterocycles. The molecule has 3 rings (SSSR count). The summed E-state index contributed by atoms with van der Waals surface area (Å²) in [5.74, 6) is 0. The molecule has 0 unspecified atom stereocenters. The second kappa shape index (κ2) is 4.26. The molecule has 3 heterocycles. The Balaban J connectivity index is 2.06. The summed E-state index contributed by atoms with van der Waals surface area (Å²) in [6.45, 7) is -0.112. The summed E-state index contributed by atoms with van der Waals surface area (Å²) in [7, 11) is 1.63. The maximum Gasteiger partial charge on any atom is 0.343 e. The van der Waals surface area contributed by atoms with E-state index in [2.05, 4.69) is 15.2 Å². The smallest absolute Gasteiger partial charge is 0.343 e. The fourth-order valence-electron chi connectivity index (χ4n) is 1.55. The van der Waals surface area contributed by atoms with Crippen molar-refractivity contribution in [3.63, 3.8) is 0 Å². The van der Waals surface area contributed by atoms with Gasteiger partial charge in [-0.25, -0.2) is 14.9 Å². The van der Waals surface area contributed by atoms with Crippen LogP contribution in [0.4, 0.5) is 0 Å². The zero-order valence-electron chi connectivity index (χ0n) is 9.32. The van der Waals surface area contributed by atoms with E-state index >= 15 is 0 Å². The number of thiazole rings is 1. The Kier molecular flexibility index (Phi) is 2.73. The zero-order valence-corrected chi connectivity index (χ0v) is 11.0. The number of nitrogens with zero attached hydrogens (tertiary/aromatic N) is 4. The average Bonchev–Trinajstić information content (AvgIpc) is 2.99. The minimum Gasteiger partial charge on any atom is -0.390 e. The Bertz CT molecular complexity index is 753. The molecule has 0 spiro atoms. The monoisotopic (exact) mass is 283 g/mol. The van der Waals surface area contributed by atoms with E-state index in [0.717, 1.165) is 4.96 Å². The molecule has 7 nitrogen and oxygen atoms in total. The van der Waals surface area contributed by atoms with E-state index in [4.69, 9.17) is 0 Å². The van der Waals surface area contributed by atoms with E-state index in [1.165, 1.54) is 27.7 Å². The second-order valence-corrected chi connectivity index (χ2v) is 5.38. The van der Waals surface area contributed by atoms with Gasteiger partial charge in [0.05, 0.1) is 12.3 Å². The van der Waals surface area contributed by atoms with Gasteiger partial charge in [-0.1, -0.05) is 0 Å². The number of aromatic nitrogens is 5. The lowest BCUT2D eigenvalue weighted by Gasteiger charge is -1.99. The van der Waals surface area contributed by atoms with Crippen LogP contribution in [0, 0.1) is 0 Å². The first kappa shape index (κ1) is 11.5. The number of rotatable bonds is 3. The molecule has 0 aromatic carbocycles. The quantitative estimate of drug-likeness (QED) is 0.729. The number of hydrogen-bond acceptors (Lipinski definition) is 6. The molecule has 0 aliphatic heterocycles. The van der Waals surface area contributed by atoms with Gasteiger partial charge in [-0.2, -0.15) is 0 Å². The molecule has 0 radical (unpaired) electrons. The predicted molar refractivity (Wildman–Crippen MR) is 66.9 cm³/mol. The summed E-state index contributed by atoms with van der Waals surface area (Å²) in [5, 5.41) is 18.8. The van der Waals surface area contributed by atoms with E-state index < -0.39 is 0 Å². The van der Waals surface area contributed by atoms with E-state index in [1.807, 2.05) is 16.0 Å². The number of aromatic amines is 1. The highest BCUT2D eigenvalue weighted by molar-refractivity contribution is 7.99. The summed E-state index contributed by atoms with van der Waals surface area (Å²) in [6, 6.07) is 0. The Morgan fingerprint density at radius 3 is 3.11 bits per heavy atom. The molecule has 0 atom stereocenters. The van der Waals surface area contributed by atoms with Crippen LogP contribution in [0.25, 0.3) is 4.96 Å². The first-order chi connectivity index (χ1) is 8.70. The number of imidazole rings is 1. The van der Waals surface area contributed by atoms with Gasteiger partial charge in [0.15, 0.2) is 10.1 Å². The molecule has 3 aromatic rings. The van der Waals surface area contributed by atoms with Gasteiger partial charge in [-0.3, -0.25) is 8.97 Å². The summed E-state index contributed by atoms with van der Waals surface area (Å²) in [4.78, 5) is 16.5. The first-order valence-corrected chi connectivity index (χ1v) is 6.75. The third kappa shape index (κ3) is 1.67. The van der Waals surface area contributed by atoms with Gasteiger partial charge < -0.3 is 5.11 Å². The lowest BCUT2D eigenvalue weighted by molar-refractivity contribution is 0.272. The molecule has 9 heteroatoms. The Morgan fingerprint density at radius 2 is 2.44 bits per heavy atom. The van der Waals surface area contributed by atoms with Crippen molar-refractivity contribution in [3.05, 3.63) is 27.8 Å². The van der Waals surface area contributed by atoms with E-state index in [0.29, 0.717) is 15.9 Å². The normalized spacial score (nSPS) is 11.4. The molecular formula is C9H9N5O2S2. The second-order valence-electron chi connectivity index (χ2n) is 3.55. The predicted octanol–water partition coefficient (Wildman–Crippen LogP) is 0.461. The van der Waals surface area contributed by atoms with Crippen molar-refractivity contribution in [2.45, 2.75) is 16.8 Å². The number of fused-ring (bicyclic) bond motifs is 1. The number of H-pyrrole nitrogens is 1. The standard InChI is InChI=1S/C9H9N5O2S2/c1-13-7(16)11-12-9(13)18-6-5(4-15)14-2-3-17-8(14)10-6/h2-3,15H,4H2,1H3,(H,11,16). The molecule has 2 N–H and O–H groups in total. The van der Waals surface area contributed by atoms with Crippen LogP contribution < -0.4 is 5.69 Å². The van der Waals surface area contributed by atoms with Crippen molar-refractivity contribution in [2.75, 3.05) is 0 Å². The van der Waals surface area contributed by atoms with Crippen molar-refractivity contribution in [1.82, 2.24) is 24.1 Å². The van der Waals surface area contributed by atoms with Crippen LogP contribution in [0.2, 0.25) is 0 Å². The molecule has 94 valence electrons. The lowest BCUT2D eigenvalue weighted by atomic mass is 10.5. The van der Waals surface area contributed by atoms with Crippen molar-refractivity contribution in [3.8, 4) is 0 Å². The molecule has 0 amide bonds. The highest BCUT2D eigenvalue weighted by Crippen LogP contribution is 2.29. The highest BCUT2D eigenvalue weighted by atomic mass is 32.2. The highest BCUT2D eigenvalue weighted by Gasteiger charge is 2.16. The van der Waals surface area contributed by atoms with Crippen molar-refractivity contribution < 1.29 is 5.11 Å². The van der Waals surface area contributed by atoms with Crippen LogP contribution in [0.5, 0.6) is 0 Å². The van der Waals surface area contributed by atoms with Crippen LogP contribution in [0.3, 0.4) is 0 Å². The van der Waals surface area contributed by atoms with Crippen LogP contribution in [-0.2, 0) is 13.7 Å². The van der Waals surface area contributed by atoms with Crippen LogP contribution in [0.15, 0.2) is 26.6 Å². The number of hydrogen-bond donors (Lipinski definition) is 2. The summed E-state index contributed by atoms with van der Waals surface area (Å²) >= 11 is 2.74. The number of nitrogens with one attached hydrogen (secondary N) is 1. The number of aliphatic hydroxyl groups excluding tert-OH is 1. The van der Waals surface area contributed by atoms with Crippen molar-refractivity contribution in [2.24, 2.45) is 7.05 Å². The Hall–Kier alpha value is -1.58. The Morgan fingerprint density at radius 1 is 1.61 bits per heavy atom. The van der Waals surface area contributed by atoms with Gasteiger partial charge >= 0.3 is 5.69 Å². The molecule has 0 saturated heterocycles. The third-order valence-corrected chi connectivity index (χ3v) is 4.33. The van der Waals surface area contributed by atoms with Crippen molar-refractivity contribution >= 4 is 28.1 Å². The fourth-order valence-corrected chi connectivity index (χ4v) is 3.24. The molecule has 0 aliphatic carbocycles. The fraction of sp³-hybridized carbons (Fsp3) is 0.222. The lowest BCUT2D eigenvalue weighted by Crippen LogP contribution is -2.12. The van der Waals surface area contributed by atoms with Crippen LogP contribution in [-0.4, -0.2) is 29.3 Å². The van der Waals surface area contributed by atoms with E-state index in [-0.39, 0.29) is 12.3 Å². The SMILES string of the molecule is Cn1c(Sc2nc3sccn3c2CO)n[nH]c1=O. The van der Waals surface area contributed by atoms with Gasteiger partial charge in [-0.15, -0.1) is 16.4 Å². The molecule has 0 bridgehead atoms. The van der Waals surface area contributed by atoms with Crippen LogP contribution >= 0.6 is 23.1 Å².